The summed E-state index contributed by atoms with van der Waals surface area (Å²) in [5.74, 6) is -0.951. The van der Waals surface area contributed by atoms with E-state index in [9.17, 15) is 26.4 Å². The largest absolute Gasteiger partial charge is 0.573 e. The van der Waals surface area contributed by atoms with Crippen molar-refractivity contribution in [3.63, 3.8) is 0 Å². The molecule has 0 aliphatic heterocycles. The summed E-state index contributed by atoms with van der Waals surface area (Å²) in [5.41, 5.74) is 1.31. The van der Waals surface area contributed by atoms with Crippen LogP contribution in [0.4, 0.5) is 13.2 Å². The maximum absolute atomic E-state index is 12.8. The Hall–Kier alpha value is -3.08. The number of benzene rings is 2. The lowest BCUT2D eigenvalue weighted by Gasteiger charge is -2.21. The number of alkyl halides is 3. The van der Waals surface area contributed by atoms with Crippen molar-refractivity contribution >= 4 is 26.8 Å². The first kappa shape index (κ1) is 22.6. The number of hydrogen-bond donors (Lipinski definition) is 0. The second-order valence-electron chi connectivity index (χ2n) is 7.08. The molecule has 0 saturated carbocycles. The summed E-state index contributed by atoms with van der Waals surface area (Å²) >= 11 is 0. The summed E-state index contributed by atoms with van der Waals surface area (Å²) in [7, 11) is -1.96. The molecule has 1 heterocycles. The first-order valence-corrected chi connectivity index (χ1v) is 11.2. The topological polar surface area (TPSA) is 81.5 Å². The SMILES string of the molecule is CN(Cc1ccccc1OC(F)(F)F)C(=O)Cn1c(CS(C)(=O)=O)nc2ccccc21. The van der Waals surface area contributed by atoms with Crippen LogP contribution in [0.15, 0.2) is 48.5 Å². The van der Waals surface area contributed by atoms with Gasteiger partial charge in [0.1, 0.15) is 23.9 Å². The lowest BCUT2D eigenvalue weighted by atomic mass is 10.2. The third-order valence-electron chi connectivity index (χ3n) is 4.45. The molecular formula is C20H20F3N3O4S. The number of halogens is 3. The average molecular weight is 455 g/mol. The molecule has 0 atom stereocenters. The van der Waals surface area contributed by atoms with Gasteiger partial charge in [-0.2, -0.15) is 0 Å². The van der Waals surface area contributed by atoms with Crippen LogP contribution in [0.3, 0.4) is 0 Å². The highest BCUT2D eigenvalue weighted by atomic mass is 32.2. The number of para-hydroxylation sites is 3. The van der Waals surface area contributed by atoms with Gasteiger partial charge in [0.25, 0.3) is 0 Å². The molecule has 3 aromatic rings. The van der Waals surface area contributed by atoms with Gasteiger partial charge < -0.3 is 14.2 Å². The molecule has 3 rings (SSSR count). The van der Waals surface area contributed by atoms with E-state index in [-0.39, 0.29) is 36.0 Å². The lowest BCUT2D eigenvalue weighted by Crippen LogP contribution is -2.31. The number of fused-ring (bicyclic) bond motifs is 1. The van der Waals surface area contributed by atoms with Gasteiger partial charge in [0.05, 0.1) is 11.0 Å². The van der Waals surface area contributed by atoms with Gasteiger partial charge in [-0.1, -0.05) is 30.3 Å². The van der Waals surface area contributed by atoms with E-state index in [0.717, 1.165) is 6.26 Å². The van der Waals surface area contributed by atoms with Crippen molar-refractivity contribution in [2.24, 2.45) is 0 Å². The van der Waals surface area contributed by atoms with Gasteiger partial charge in [-0.3, -0.25) is 4.79 Å². The molecular weight excluding hydrogens is 435 g/mol. The molecule has 1 amide bonds. The summed E-state index contributed by atoms with van der Waals surface area (Å²) in [6, 6.07) is 12.5. The zero-order chi connectivity index (χ0) is 22.8. The number of rotatable bonds is 7. The number of likely N-dealkylation sites (N-methyl/N-ethyl adjacent to an activating group) is 1. The Labute approximate surface area is 177 Å². The first-order valence-electron chi connectivity index (χ1n) is 9.12. The second-order valence-corrected chi connectivity index (χ2v) is 9.22. The normalized spacial score (nSPS) is 12.2. The molecule has 0 saturated heterocycles. The number of hydrogen-bond acceptors (Lipinski definition) is 5. The molecule has 0 bridgehead atoms. The van der Waals surface area contributed by atoms with Crippen LogP contribution < -0.4 is 4.74 Å². The number of amides is 1. The Morgan fingerprint density at radius 1 is 1.13 bits per heavy atom. The van der Waals surface area contributed by atoms with E-state index >= 15 is 0 Å². The van der Waals surface area contributed by atoms with Crippen molar-refractivity contribution in [2.45, 2.75) is 25.2 Å². The van der Waals surface area contributed by atoms with Crippen LogP contribution in [0.1, 0.15) is 11.4 Å². The molecule has 0 spiro atoms. The van der Waals surface area contributed by atoms with Crippen molar-refractivity contribution in [3.8, 4) is 5.75 Å². The third kappa shape index (κ3) is 5.97. The van der Waals surface area contributed by atoms with Gasteiger partial charge in [0.15, 0.2) is 9.84 Å². The van der Waals surface area contributed by atoms with E-state index in [1.165, 1.54) is 34.7 Å². The smallest absolute Gasteiger partial charge is 0.405 e. The number of aromatic nitrogens is 2. The fourth-order valence-electron chi connectivity index (χ4n) is 3.10. The van der Waals surface area contributed by atoms with Crippen LogP contribution in [0.2, 0.25) is 0 Å². The summed E-state index contributed by atoms with van der Waals surface area (Å²) in [6.07, 6.45) is -3.78. The Kier molecular flexibility index (Phi) is 6.25. The summed E-state index contributed by atoms with van der Waals surface area (Å²) < 4.78 is 67.0. The van der Waals surface area contributed by atoms with E-state index < -0.39 is 22.1 Å². The number of carbonyl (C=O) groups excluding carboxylic acids is 1. The minimum absolute atomic E-state index is 0.126. The Bertz CT molecular complexity index is 1210. The molecule has 11 heteroatoms. The van der Waals surface area contributed by atoms with Gasteiger partial charge in [-0.15, -0.1) is 13.2 Å². The predicted octanol–water partition coefficient (Wildman–Crippen LogP) is 3.14. The molecule has 0 unspecified atom stereocenters. The predicted molar refractivity (Wildman–Crippen MR) is 108 cm³/mol. The van der Waals surface area contributed by atoms with E-state index in [2.05, 4.69) is 9.72 Å². The Balaban J connectivity index is 1.84. The number of sulfone groups is 1. The summed E-state index contributed by atoms with van der Waals surface area (Å²) in [6.45, 7) is -0.344. The molecule has 2 aromatic carbocycles. The first-order chi connectivity index (χ1) is 14.4. The zero-order valence-corrected chi connectivity index (χ0v) is 17.6. The van der Waals surface area contributed by atoms with Crippen molar-refractivity contribution in [1.29, 1.82) is 0 Å². The average Bonchev–Trinajstić information content (AvgIpc) is 2.97. The van der Waals surface area contributed by atoms with E-state index in [0.29, 0.717) is 11.0 Å². The zero-order valence-electron chi connectivity index (χ0n) is 16.8. The van der Waals surface area contributed by atoms with Crippen LogP contribution in [-0.4, -0.2) is 48.4 Å². The van der Waals surface area contributed by atoms with Crippen LogP contribution >= 0.6 is 0 Å². The summed E-state index contributed by atoms with van der Waals surface area (Å²) in [4.78, 5) is 18.4. The van der Waals surface area contributed by atoms with Gasteiger partial charge in [-0.25, -0.2) is 13.4 Å². The number of nitrogens with zero attached hydrogens (tertiary/aromatic N) is 3. The third-order valence-corrected chi connectivity index (χ3v) is 5.23. The van der Waals surface area contributed by atoms with Crippen molar-refractivity contribution in [1.82, 2.24) is 14.5 Å². The minimum atomic E-state index is -4.85. The van der Waals surface area contributed by atoms with E-state index in [4.69, 9.17) is 0 Å². The summed E-state index contributed by atoms with van der Waals surface area (Å²) in [5, 5.41) is 0. The standard InChI is InChI=1S/C20H20F3N3O4S/c1-25(11-14-7-3-6-10-17(14)30-20(21,22)23)19(27)12-26-16-9-5-4-8-15(16)24-18(26)13-31(2,28)29/h3-10H,11-13H2,1-2H3. The maximum Gasteiger partial charge on any atom is 0.573 e. The molecule has 0 aliphatic carbocycles. The van der Waals surface area contributed by atoms with Gasteiger partial charge in [0, 0.05) is 25.4 Å². The number of imidazole rings is 1. The second kappa shape index (κ2) is 8.58. The van der Waals surface area contributed by atoms with E-state index in [1.54, 1.807) is 30.3 Å². The highest BCUT2D eigenvalue weighted by molar-refractivity contribution is 7.89. The van der Waals surface area contributed by atoms with Gasteiger partial charge >= 0.3 is 6.36 Å². The molecule has 0 radical (unpaired) electrons. The monoisotopic (exact) mass is 455 g/mol. The van der Waals surface area contributed by atoms with E-state index in [1.807, 2.05) is 0 Å². The molecule has 0 fully saturated rings. The van der Waals surface area contributed by atoms with Crippen LogP contribution in [0, 0.1) is 0 Å². The molecule has 1 aromatic heterocycles. The minimum Gasteiger partial charge on any atom is -0.405 e. The van der Waals surface area contributed by atoms with Gasteiger partial charge in [-0.05, 0) is 18.2 Å². The Morgan fingerprint density at radius 2 is 1.77 bits per heavy atom. The van der Waals surface area contributed by atoms with Crippen LogP contribution in [0.5, 0.6) is 5.75 Å². The number of carbonyl (C=O) groups is 1. The Morgan fingerprint density at radius 3 is 2.45 bits per heavy atom. The lowest BCUT2D eigenvalue weighted by molar-refractivity contribution is -0.275. The molecule has 0 aliphatic rings. The van der Waals surface area contributed by atoms with Gasteiger partial charge in [0.2, 0.25) is 5.91 Å². The molecule has 7 nitrogen and oxygen atoms in total. The molecule has 0 N–H and O–H groups in total. The fraction of sp³-hybridized carbons (Fsp3) is 0.300. The molecule has 31 heavy (non-hydrogen) atoms. The fourth-order valence-corrected chi connectivity index (χ4v) is 3.79. The van der Waals surface area contributed by atoms with Crippen molar-refractivity contribution in [3.05, 3.63) is 59.9 Å². The van der Waals surface area contributed by atoms with Crippen LogP contribution in [0.25, 0.3) is 11.0 Å². The van der Waals surface area contributed by atoms with Crippen LogP contribution in [-0.2, 0) is 33.5 Å². The highest BCUT2D eigenvalue weighted by Crippen LogP contribution is 2.27. The van der Waals surface area contributed by atoms with Crippen molar-refractivity contribution < 1.29 is 31.1 Å². The van der Waals surface area contributed by atoms with Crippen molar-refractivity contribution in [2.75, 3.05) is 13.3 Å². The highest BCUT2D eigenvalue weighted by Gasteiger charge is 2.32. The maximum atomic E-state index is 12.8. The molecule has 166 valence electrons. The quantitative estimate of drug-likeness (QED) is 0.547. The number of ether oxygens (including phenoxy) is 1.